The van der Waals surface area contributed by atoms with E-state index in [0.29, 0.717) is 6.42 Å². The van der Waals surface area contributed by atoms with Crippen molar-refractivity contribution in [3.05, 3.63) is 0 Å². The first-order valence-corrected chi connectivity index (χ1v) is 3.84. The van der Waals surface area contributed by atoms with Crippen molar-refractivity contribution in [3.8, 4) is 0 Å². The van der Waals surface area contributed by atoms with Gasteiger partial charge in [-0.3, -0.25) is 4.79 Å². The van der Waals surface area contributed by atoms with Gasteiger partial charge in [-0.25, -0.2) is 0 Å². The summed E-state index contributed by atoms with van der Waals surface area (Å²) >= 11 is 0. The van der Waals surface area contributed by atoms with E-state index in [1.54, 1.807) is 7.11 Å². The van der Waals surface area contributed by atoms with Crippen molar-refractivity contribution in [2.45, 2.75) is 31.3 Å². The molecule has 0 spiro atoms. The SMILES string of the molecule is COC(=O)CC1(OC)CCC1. The van der Waals surface area contributed by atoms with Crippen molar-refractivity contribution in [1.82, 2.24) is 0 Å². The first-order valence-electron chi connectivity index (χ1n) is 3.84. The molecule has 0 aromatic rings. The molecule has 0 unspecified atom stereocenters. The highest BCUT2D eigenvalue weighted by Gasteiger charge is 2.39. The summed E-state index contributed by atoms with van der Waals surface area (Å²) in [6.45, 7) is 0. The summed E-state index contributed by atoms with van der Waals surface area (Å²) in [5.41, 5.74) is -0.187. The molecule has 0 saturated heterocycles. The van der Waals surface area contributed by atoms with Crippen LogP contribution in [0.1, 0.15) is 25.7 Å². The quantitative estimate of drug-likeness (QED) is 0.577. The zero-order chi connectivity index (χ0) is 8.32. The molecule has 11 heavy (non-hydrogen) atoms. The number of hydrogen-bond donors (Lipinski definition) is 0. The highest BCUT2D eigenvalue weighted by Crippen LogP contribution is 2.37. The van der Waals surface area contributed by atoms with Gasteiger partial charge in [0.1, 0.15) is 0 Å². The molecule has 0 N–H and O–H groups in total. The van der Waals surface area contributed by atoms with E-state index in [1.807, 2.05) is 0 Å². The molecule has 1 saturated carbocycles. The predicted molar refractivity (Wildman–Crippen MR) is 40.2 cm³/mol. The van der Waals surface area contributed by atoms with Crippen molar-refractivity contribution in [2.75, 3.05) is 14.2 Å². The number of carbonyl (C=O) groups is 1. The zero-order valence-electron chi connectivity index (χ0n) is 7.05. The summed E-state index contributed by atoms with van der Waals surface area (Å²) in [4.78, 5) is 10.9. The van der Waals surface area contributed by atoms with E-state index in [0.717, 1.165) is 19.3 Å². The van der Waals surface area contributed by atoms with Gasteiger partial charge >= 0.3 is 5.97 Å². The van der Waals surface area contributed by atoms with Gasteiger partial charge in [-0.2, -0.15) is 0 Å². The minimum Gasteiger partial charge on any atom is -0.469 e. The lowest BCUT2D eigenvalue weighted by molar-refractivity contribution is -0.153. The summed E-state index contributed by atoms with van der Waals surface area (Å²) in [6.07, 6.45) is 3.53. The van der Waals surface area contributed by atoms with Crippen LogP contribution in [0.25, 0.3) is 0 Å². The molecule has 0 aliphatic heterocycles. The Morgan fingerprint density at radius 1 is 1.45 bits per heavy atom. The van der Waals surface area contributed by atoms with Gasteiger partial charge in [-0.15, -0.1) is 0 Å². The molecule has 1 aliphatic carbocycles. The van der Waals surface area contributed by atoms with Crippen LogP contribution >= 0.6 is 0 Å². The zero-order valence-corrected chi connectivity index (χ0v) is 7.05. The topological polar surface area (TPSA) is 35.5 Å². The average molecular weight is 158 g/mol. The van der Waals surface area contributed by atoms with E-state index < -0.39 is 0 Å². The van der Waals surface area contributed by atoms with Gasteiger partial charge in [-0.05, 0) is 19.3 Å². The monoisotopic (exact) mass is 158 g/mol. The van der Waals surface area contributed by atoms with Crippen molar-refractivity contribution >= 4 is 5.97 Å². The van der Waals surface area contributed by atoms with Crippen LogP contribution in [0.3, 0.4) is 0 Å². The summed E-state index contributed by atoms with van der Waals surface area (Å²) in [5, 5.41) is 0. The fourth-order valence-electron chi connectivity index (χ4n) is 1.36. The van der Waals surface area contributed by atoms with E-state index in [2.05, 4.69) is 4.74 Å². The van der Waals surface area contributed by atoms with E-state index in [1.165, 1.54) is 7.11 Å². The summed E-state index contributed by atoms with van der Waals surface area (Å²) < 4.78 is 9.81. The Bertz CT molecular complexity index is 144. The Labute approximate surface area is 66.7 Å². The Morgan fingerprint density at radius 3 is 2.36 bits per heavy atom. The van der Waals surface area contributed by atoms with Crippen molar-refractivity contribution in [3.63, 3.8) is 0 Å². The number of methoxy groups -OCH3 is 2. The molecule has 0 atom stereocenters. The van der Waals surface area contributed by atoms with Gasteiger partial charge < -0.3 is 9.47 Å². The lowest BCUT2D eigenvalue weighted by Gasteiger charge is -2.39. The maximum absolute atomic E-state index is 10.9. The maximum atomic E-state index is 10.9. The molecule has 0 aromatic carbocycles. The molecule has 0 bridgehead atoms. The third-order valence-electron chi connectivity index (χ3n) is 2.39. The van der Waals surface area contributed by atoms with Crippen LogP contribution in [0.4, 0.5) is 0 Å². The van der Waals surface area contributed by atoms with Gasteiger partial charge in [0, 0.05) is 7.11 Å². The molecule has 0 aromatic heterocycles. The summed E-state index contributed by atoms with van der Waals surface area (Å²) in [5.74, 6) is -0.174. The third-order valence-corrected chi connectivity index (χ3v) is 2.39. The Hall–Kier alpha value is -0.570. The molecule has 64 valence electrons. The second kappa shape index (κ2) is 3.22. The molecular weight excluding hydrogens is 144 g/mol. The maximum Gasteiger partial charge on any atom is 0.308 e. The van der Waals surface area contributed by atoms with Crippen LogP contribution in [0, 0.1) is 0 Å². The second-order valence-corrected chi connectivity index (χ2v) is 2.99. The van der Waals surface area contributed by atoms with E-state index in [9.17, 15) is 4.79 Å². The highest BCUT2D eigenvalue weighted by atomic mass is 16.5. The van der Waals surface area contributed by atoms with E-state index in [4.69, 9.17) is 4.74 Å². The standard InChI is InChI=1S/C8H14O3/c1-10-7(9)6-8(11-2)4-3-5-8/h3-6H2,1-2H3. The van der Waals surface area contributed by atoms with Crippen molar-refractivity contribution in [1.29, 1.82) is 0 Å². The van der Waals surface area contributed by atoms with Crippen LogP contribution in [-0.4, -0.2) is 25.8 Å². The molecule has 0 amide bonds. The average Bonchev–Trinajstić information content (AvgIpc) is 1.96. The van der Waals surface area contributed by atoms with Crippen molar-refractivity contribution in [2.24, 2.45) is 0 Å². The number of carbonyl (C=O) groups excluding carboxylic acids is 1. The van der Waals surface area contributed by atoms with Crippen LogP contribution < -0.4 is 0 Å². The van der Waals surface area contributed by atoms with Gasteiger partial charge in [-0.1, -0.05) is 0 Å². The third kappa shape index (κ3) is 1.71. The Morgan fingerprint density at radius 2 is 2.09 bits per heavy atom. The molecule has 0 heterocycles. The first-order chi connectivity index (χ1) is 5.22. The van der Waals surface area contributed by atoms with Gasteiger partial charge in [0.05, 0.1) is 19.1 Å². The van der Waals surface area contributed by atoms with E-state index in [-0.39, 0.29) is 11.6 Å². The van der Waals surface area contributed by atoms with Gasteiger partial charge in [0.2, 0.25) is 0 Å². The Kier molecular flexibility index (Phi) is 2.49. The lowest BCUT2D eigenvalue weighted by Crippen LogP contribution is -2.41. The molecule has 3 heteroatoms. The van der Waals surface area contributed by atoms with Crippen LogP contribution in [0.15, 0.2) is 0 Å². The predicted octanol–water partition coefficient (Wildman–Crippen LogP) is 1.12. The normalized spacial score (nSPS) is 20.5. The number of hydrogen-bond acceptors (Lipinski definition) is 3. The van der Waals surface area contributed by atoms with Gasteiger partial charge in [0.25, 0.3) is 0 Å². The smallest absolute Gasteiger partial charge is 0.308 e. The van der Waals surface area contributed by atoms with E-state index >= 15 is 0 Å². The minimum atomic E-state index is -0.187. The van der Waals surface area contributed by atoms with Crippen LogP contribution in [0.5, 0.6) is 0 Å². The molecule has 1 aliphatic rings. The number of esters is 1. The number of ether oxygens (including phenoxy) is 2. The Balaban J connectivity index is 2.38. The van der Waals surface area contributed by atoms with Crippen LogP contribution in [-0.2, 0) is 14.3 Å². The van der Waals surface area contributed by atoms with Crippen LogP contribution in [0.2, 0.25) is 0 Å². The molecule has 1 fully saturated rings. The first kappa shape index (κ1) is 8.53. The summed E-state index contributed by atoms with van der Waals surface area (Å²) in [7, 11) is 3.06. The highest BCUT2D eigenvalue weighted by molar-refractivity contribution is 5.70. The number of rotatable bonds is 3. The lowest BCUT2D eigenvalue weighted by atomic mass is 9.77. The molecule has 3 nitrogen and oxygen atoms in total. The molecule has 0 radical (unpaired) electrons. The molecule has 1 rings (SSSR count). The second-order valence-electron chi connectivity index (χ2n) is 2.99. The minimum absolute atomic E-state index is 0.174. The summed E-state index contributed by atoms with van der Waals surface area (Å²) in [6, 6.07) is 0. The van der Waals surface area contributed by atoms with Gasteiger partial charge in [0.15, 0.2) is 0 Å². The fraction of sp³-hybridized carbons (Fsp3) is 0.875. The molecular formula is C8H14O3. The largest absolute Gasteiger partial charge is 0.469 e. The fourth-order valence-corrected chi connectivity index (χ4v) is 1.36. The van der Waals surface area contributed by atoms with Crippen molar-refractivity contribution < 1.29 is 14.3 Å².